The highest BCUT2D eigenvalue weighted by Crippen LogP contribution is 2.37. The summed E-state index contributed by atoms with van der Waals surface area (Å²) in [5.74, 6) is -1.46. The zero-order valence-corrected chi connectivity index (χ0v) is 26.1. The molecule has 0 radical (unpaired) electrons. The number of esters is 1. The zero-order valence-electron chi connectivity index (χ0n) is 26.1. The summed E-state index contributed by atoms with van der Waals surface area (Å²) < 4.78 is 11.0. The van der Waals surface area contributed by atoms with Crippen LogP contribution in [0.3, 0.4) is 0 Å². The fourth-order valence-electron chi connectivity index (χ4n) is 4.79. The van der Waals surface area contributed by atoms with Crippen LogP contribution >= 0.6 is 0 Å². The van der Waals surface area contributed by atoms with Crippen LogP contribution in [0.5, 0.6) is 0 Å². The first-order valence-corrected chi connectivity index (χ1v) is 14.5. The summed E-state index contributed by atoms with van der Waals surface area (Å²) in [5.41, 5.74) is 1.74. The topological polar surface area (TPSA) is 114 Å². The number of hydrogen-bond acceptors (Lipinski definition) is 6. The SMILES string of the molecule is Cc1cccc(C)c1C(C(=O)NC(Cc1ccccc1)C(=O)OC(C)(C)C)N(C(=O)CNC(=O)OC(C)(C)C)C1CC1. The van der Waals surface area contributed by atoms with Crippen LogP contribution in [-0.2, 0) is 30.3 Å². The number of rotatable bonds is 10. The number of nitrogens with one attached hydrogen (secondary N) is 2. The average molecular weight is 580 g/mol. The van der Waals surface area contributed by atoms with Gasteiger partial charge in [0.2, 0.25) is 11.8 Å². The number of benzene rings is 2. The van der Waals surface area contributed by atoms with Gasteiger partial charge in [0.05, 0.1) is 0 Å². The summed E-state index contributed by atoms with van der Waals surface area (Å²) in [4.78, 5) is 55.2. The molecule has 9 heteroatoms. The lowest BCUT2D eigenvalue weighted by Gasteiger charge is -2.34. The largest absolute Gasteiger partial charge is 0.458 e. The van der Waals surface area contributed by atoms with E-state index in [0.29, 0.717) is 5.56 Å². The van der Waals surface area contributed by atoms with Crippen molar-refractivity contribution in [3.05, 3.63) is 70.8 Å². The van der Waals surface area contributed by atoms with Crippen molar-refractivity contribution >= 4 is 23.9 Å². The van der Waals surface area contributed by atoms with Gasteiger partial charge in [0, 0.05) is 12.5 Å². The third-order valence-electron chi connectivity index (χ3n) is 6.64. The summed E-state index contributed by atoms with van der Waals surface area (Å²) in [5, 5.41) is 5.47. The molecule has 1 saturated carbocycles. The van der Waals surface area contributed by atoms with Gasteiger partial charge in [-0.2, -0.15) is 0 Å². The summed E-state index contributed by atoms with van der Waals surface area (Å²) in [6, 6.07) is 12.9. The van der Waals surface area contributed by atoms with Crippen LogP contribution in [-0.4, -0.2) is 58.6 Å². The summed E-state index contributed by atoms with van der Waals surface area (Å²) in [7, 11) is 0. The molecule has 2 atom stereocenters. The van der Waals surface area contributed by atoms with E-state index in [-0.39, 0.29) is 19.0 Å². The Labute approximate surface area is 249 Å². The Bertz CT molecular complexity index is 1250. The molecule has 2 aromatic carbocycles. The van der Waals surface area contributed by atoms with Crippen LogP contribution in [0.25, 0.3) is 0 Å². The molecule has 0 bridgehead atoms. The van der Waals surface area contributed by atoms with E-state index < -0.39 is 47.2 Å². The Kier molecular flexibility index (Phi) is 10.4. The molecule has 2 unspecified atom stereocenters. The fourth-order valence-corrected chi connectivity index (χ4v) is 4.79. The van der Waals surface area contributed by atoms with Gasteiger partial charge in [-0.15, -0.1) is 0 Å². The summed E-state index contributed by atoms with van der Waals surface area (Å²) in [6.45, 7) is 14.0. The zero-order chi connectivity index (χ0) is 31.2. The Morgan fingerprint density at radius 1 is 0.857 bits per heavy atom. The number of nitrogens with zero attached hydrogens (tertiary/aromatic N) is 1. The van der Waals surface area contributed by atoms with Gasteiger partial charge in [-0.25, -0.2) is 9.59 Å². The Morgan fingerprint density at radius 3 is 1.95 bits per heavy atom. The van der Waals surface area contributed by atoms with Gasteiger partial charge < -0.3 is 25.0 Å². The molecule has 3 rings (SSSR count). The molecule has 42 heavy (non-hydrogen) atoms. The molecule has 0 heterocycles. The first-order valence-electron chi connectivity index (χ1n) is 14.5. The number of carbonyl (C=O) groups excluding carboxylic acids is 4. The van der Waals surface area contributed by atoms with Gasteiger partial charge in [-0.3, -0.25) is 9.59 Å². The maximum atomic E-state index is 14.3. The molecule has 1 aliphatic rings. The van der Waals surface area contributed by atoms with E-state index in [1.54, 1.807) is 46.4 Å². The molecule has 3 amide bonds. The maximum absolute atomic E-state index is 14.3. The van der Waals surface area contributed by atoms with Crippen molar-refractivity contribution in [1.29, 1.82) is 0 Å². The lowest BCUT2D eigenvalue weighted by Crippen LogP contribution is -2.53. The molecule has 1 fully saturated rings. The molecule has 0 aliphatic heterocycles. The Balaban J connectivity index is 1.97. The average Bonchev–Trinajstić information content (AvgIpc) is 3.70. The highest BCUT2D eigenvalue weighted by atomic mass is 16.6. The minimum Gasteiger partial charge on any atom is -0.458 e. The van der Waals surface area contributed by atoms with E-state index in [9.17, 15) is 19.2 Å². The summed E-state index contributed by atoms with van der Waals surface area (Å²) >= 11 is 0. The van der Waals surface area contributed by atoms with Crippen LogP contribution in [0, 0.1) is 13.8 Å². The van der Waals surface area contributed by atoms with Gasteiger partial charge in [0.15, 0.2) is 0 Å². The first-order chi connectivity index (χ1) is 19.6. The molecule has 0 spiro atoms. The monoisotopic (exact) mass is 579 g/mol. The third-order valence-corrected chi connectivity index (χ3v) is 6.64. The molecule has 228 valence electrons. The summed E-state index contributed by atoms with van der Waals surface area (Å²) in [6.07, 6.45) is 0.963. The van der Waals surface area contributed by atoms with Crippen molar-refractivity contribution in [1.82, 2.24) is 15.5 Å². The van der Waals surface area contributed by atoms with Crippen molar-refractivity contribution in [2.24, 2.45) is 0 Å². The van der Waals surface area contributed by atoms with Crippen LogP contribution in [0.4, 0.5) is 4.79 Å². The molecule has 0 aromatic heterocycles. The predicted molar refractivity (Wildman–Crippen MR) is 161 cm³/mol. The van der Waals surface area contributed by atoms with Crippen molar-refractivity contribution in [2.45, 2.75) is 104 Å². The lowest BCUT2D eigenvalue weighted by molar-refractivity contribution is -0.159. The van der Waals surface area contributed by atoms with Gasteiger partial charge in [-0.05, 0) is 90.5 Å². The quantitative estimate of drug-likeness (QED) is 0.386. The van der Waals surface area contributed by atoms with Crippen LogP contribution in [0.15, 0.2) is 48.5 Å². The second-order valence-corrected chi connectivity index (χ2v) is 12.9. The van der Waals surface area contributed by atoms with Crippen LogP contribution in [0.2, 0.25) is 0 Å². The number of carbonyl (C=O) groups is 4. The predicted octanol–water partition coefficient (Wildman–Crippen LogP) is 4.93. The molecule has 2 aromatic rings. The molecule has 9 nitrogen and oxygen atoms in total. The van der Waals surface area contributed by atoms with Crippen LogP contribution < -0.4 is 10.6 Å². The molecular weight excluding hydrogens is 534 g/mol. The van der Waals surface area contributed by atoms with E-state index in [2.05, 4.69) is 10.6 Å². The maximum Gasteiger partial charge on any atom is 0.408 e. The third kappa shape index (κ3) is 9.60. The van der Waals surface area contributed by atoms with Crippen molar-refractivity contribution in [3.63, 3.8) is 0 Å². The number of ether oxygens (including phenoxy) is 2. The van der Waals surface area contributed by atoms with Crippen molar-refractivity contribution in [2.75, 3.05) is 6.54 Å². The number of alkyl carbamates (subject to hydrolysis) is 1. The second kappa shape index (κ2) is 13.4. The van der Waals surface area contributed by atoms with Crippen molar-refractivity contribution in [3.8, 4) is 0 Å². The van der Waals surface area contributed by atoms with Gasteiger partial charge in [0.25, 0.3) is 0 Å². The number of aryl methyl sites for hydroxylation is 2. The number of amides is 3. The van der Waals surface area contributed by atoms with Gasteiger partial charge in [0.1, 0.15) is 29.8 Å². The Morgan fingerprint density at radius 2 is 1.43 bits per heavy atom. The van der Waals surface area contributed by atoms with E-state index in [4.69, 9.17) is 9.47 Å². The highest BCUT2D eigenvalue weighted by Gasteiger charge is 2.43. The molecule has 2 N–H and O–H groups in total. The molecule has 1 aliphatic carbocycles. The lowest BCUT2D eigenvalue weighted by atomic mass is 9.93. The van der Waals surface area contributed by atoms with Crippen molar-refractivity contribution < 1.29 is 28.7 Å². The van der Waals surface area contributed by atoms with Gasteiger partial charge in [-0.1, -0.05) is 48.5 Å². The number of hydrogen-bond donors (Lipinski definition) is 2. The minimum atomic E-state index is -1.02. The fraction of sp³-hybridized carbons (Fsp3) is 0.515. The Hall–Kier alpha value is -3.88. The van der Waals surface area contributed by atoms with E-state index >= 15 is 0 Å². The molecular formula is C33H45N3O6. The highest BCUT2D eigenvalue weighted by molar-refractivity contribution is 5.93. The van der Waals surface area contributed by atoms with Crippen LogP contribution in [0.1, 0.15) is 82.7 Å². The first kappa shape index (κ1) is 32.6. The van der Waals surface area contributed by atoms with E-state index in [1.807, 2.05) is 62.4 Å². The second-order valence-electron chi connectivity index (χ2n) is 12.9. The minimum absolute atomic E-state index is 0.179. The van der Waals surface area contributed by atoms with E-state index in [1.165, 1.54) is 0 Å². The molecule has 0 saturated heterocycles. The van der Waals surface area contributed by atoms with Gasteiger partial charge >= 0.3 is 12.1 Å². The standard InChI is InChI=1S/C33H45N3O6/c1-21-13-12-14-22(2)27(21)28(36(24-17-18-24)26(37)20-34-31(40)42-33(6,7)8)29(38)35-25(30(39)41-32(3,4)5)19-23-15-10-9-11-16-23/h9-16,24-25,28H,17-20H2,1-8H3,(H,34,40)(H,35,38). The van der Waals surface area contributed by atoms with E-state index in [0.717, 1.165) is 29.5 Å². The normalized spacial score (nSPS) is 14.8. The smallest absolute Gasteiger partial charge is 0.408 e.